The van der Waals surface area contributed by atoms with Gasteiger partial charge in [0, 0.05) is 79.4 Å². The number of allylic oxidation sites excluding steroid dienone is 2. The Kier molecular flexibility index (Phi) is 9.59. The highest BCUT2D eigenvalue weighted by Gasteiger charge is 2.34. The number of hydrogen-bond acceptors (Lipinski definition) is 6. The molecular formula is C33H42N3O4+. The molecule has 7 heteroatoms. The van der Waals surface area contributed by atoms with Crippen LogP contribution in [0.3, 0.4) is 0 Å². The number of aliphatic hydroxyl groups excluding tert-OH is 2. The molecule has 0 fully saturated rings. The average molecular weight is 545 g/mol. The largest absolute Gasteiger partial charge is 0.507 e. The minimum absolute atomic E-state index is 0.00898. The van der Waals surface area contributed by atoms with Crippen molar-refractivity contribution < 1.29 is 25.0 Å². The molecule has 7 nitrogen and oxygen atoms in total. The number of aromatic hydroxyl groups is 2. The first-order valence-electron chi connectivity index (χ1n) is 14.4. The maximum atomic E-state index is 10.9. The third-order valence-electron chi connectivity index (χ3n) is 7.28. The van der Waals surface area contributed by atoms with Crippen LogP contribution < -0.4 is 14.4 Å². The van der Waals surface area contributed by atoms with Crippen LogP contribution in [0.25, 0.3) is 11.1 Å². The van der Waals surface area contributed by atoms with E-state index in [0.717, 1.165) is 69.8 Å². The van der Waals surface area contributed by atoms with Gasteiger partial charge in [0.15, 0.2) is 12.4 Å². The first-order chi connectivity index (χ1) is 19.4. The van der Waals surface area contributed by atoms with Gasteiger partial charge in [0.2, 0.25) is 0 Å². The summed E-state index contributed by atoms with van der Waals surface area (Å²) in [7, 11) is 0. The van der Waals surface area contributed by atoms with Crippen molar-refractivity contribution in [1.29, 1.82) is 0 Å². The number of phenols is 2. The fraction of sp³-hybridized carbons (Fsp3) is 0.364. The predicted molar refractivity (Wildman–Crippen MR) is 162 cm³/mol. The SMILES string of the molecule is CCCN(CCC)c1ccc(C2=C(O)C(c3ccc(N(CCC)CCC[n+]4ccccc4)cc3O)=C2O)c(O)c1. The van der Waals surface area contributed by atoms with Gasteiger partial charge in [0.1, 0.15) is 29.6 Å². The van der Waals surface area contributed by atoms with E-state index < -0.39 is 0 Å². The second-order valence-electron chi connectivity index (χ2n) is 10.3. The van der Waals surface area contributed by atoms with Crippen molar-refractivity contribution in [3.63, 3.8) is 0 Å². The third kappa shape index (κ3) is 6.19. The van der Waals surface area contributed by atoms with Crippen LogP contribution in [0.4, 0.5) is 11.4 Å². The van der Waals surface area contributed by atoms with Crippen LogP contribution in [0, 0.1) is 0 Å². The molecule has 1 aliphatic carbocycles. The Balaban J connectivity index is 1.51. The summed E-state index contributed by atoms with van der Waals surface area (Å²) >= 11 is 0. The van der Waals surface area contributed by atoms with E-state index in [9.17, 15) is 20.4 Å². The molecule has 2 aromatic carbocycles. The minimum atomic E-state index is -0.145. The Morgan fingerprint density at radius 3 is 1.48 bits per heavy atom. The van der Waals surface area contributed by atoms with E-state index >= 15 is 0 Å². The van der Waals surface area contributed by atoms with Gasteiger partial charge in [0.25, 0.3) is 0 Å². The van der Waals surface area contributed by atoms with Crippen molar-refractivity contribution in [2.75, 3.05) is 36.0 Å². The van der Waals surface area contributed by atoms with E-state index in [0.29, 0.717) is 11.1 Å². The molecule has 212 valence electrons. The Morgan fingerprint density at radius 2 is 1.05 bits per heavy atom. The summed E-state index contributed by atoms with van der Waals surface area (Å²) in [4.78, 5) is 4.45. The summed E-state index contributed by atoms with van der Waals surface area (Å²) < 4.78 is 2.15. The van der Waals surface area contributed by atoms with Gasteiger partial charge in [0.05, 0.1) is 11.1 Å². The molecule has 4 rings (SSSR count). The maximum Gasteiger partial charge on any atom is 0.168 e. The van der Waals surface area contributed by atoms with Crippen molar-refractivity contribution in [1.82, 2.24) is 0 Å². The number of benzene rings is 2. The lowest BCUT2D eigenvalue weighted by molar-refractivity contribution is -0.697. The number of hydrogen-bond donors (Lipinski definition) is 4. The normalized spacial score (nSPS) is 13.0. The van der Waals surface area contributed by atoms with Crippen LogP contribution in [0.5, 0.6) is 11.5 Å². The molecular weight excluding hydrogens is 502 g/mol. The van der Waals surface area contributed by atoms with E-state index in [2.05, 4.69) is 47.5 Å². The zero-order chi connectivity index (χ0) is 28.6. The van der Waals surface area contributed by atoms with Crippen molar-refractivity contribution in [3.05, 3.63) is 89.6 Å². The van der Waals surface area contributed by atoms with Crippen molar-refractivity contribution in [2.24, 2.45) is 0 Å². The number of nitrogens with zero attached hydrogens (tertiary/aromatic N) is 3. The molecule has 0 aliphatic heterocycles. The summed E-state index contributed by atoms with van der Waals surface area (Å²) in [6.45, 7) is 10.7. The monoisotopic (exact) mass is 544 g/mol. The maximum absolute atomic E-state index is 10.9. The molecule has 0 radical (unpaired) electrons. The Hall–Kier alpha value is -4.13. The Morgan fingerprint density at radius 1 is 0.600 bits per heavy atom. The van der Waals surface area contributed by atoms with Gasteiger partial charge in [-0.2, -0.15) is 0 Å². The molecule has 1 aliphatic rings. The number of phenolic OH excluding ortho intramolecular Hbond substituents is 2. The second kappa shape index (κ2) is 13.3. The molecule has 0 saturated carbocycles. The lowest BCUT2D eigenvalue weighted by Gasteiger charge is -2.28. The molecule has 0 unspecified atom stereocenters. The molecule has 0 atom stereocenters. The molecule has 0 amide bonds. The van der Waals surface area contributed by atoms with Gasteiger partial charge in [-0.1, -0.05) is 26.8 Å². The van der Waals surface area contributed by atoms with Gasteiger partial charge >= 0.3 is 0 Å². The van der Waals surface area contributed by atoms with Crippen molar-refractivity contribution >= 4 is 22.5 Å². The molecule has 0 bridgehead atoms. The molecule has 4 N–H and O–H groups in total. The van der Waals surface area contributed by atoms with Crippen LogP contribution in [0.1, 0.15) is 57.6 Å². The summed E-state index contributed by atoms with van der Waals surface area (Å²) in [5.41, 5.74) is 2.88. The van der Waals surface area contributed by atoms with Gasteiger partial charge in [-0.15, -0.1) is 0 Å². The topological polar surface area (TPSA) is 91.3 Å². The fourth-order valence-electron chi connectivity index (χ4n) is 5.36. The van der Waals surface area contributed by atoms with Crippen LogP contribution >= 0.6 is 0 Å². The number of aryl methyl sites for hydroxylation is 1. The van der Waals surface area contributed by atoms with Gasteiger partial charge in [-0.3, -0.25) is 0 Å². The number of pyridine rings is 1. The molecule has 40 heavy (non-hydrogen) atoms. The standard InChI is InChI=1S/C33H41N3O4/c1-4-15-35(16-5-2)24-11-13-26(28(37)22-24)30-32(39)31(33(30)40)27-14-12-25(23-29(27)38)36(17-6-3)21-10-20-34-18-8-7-9-19-34/h7-9,11-14,18-19,22-23H,4-6,10,15-17,20-21H2,1-3H3,(H3-,37,38,39,40)/p+1. The van der Waals surface area contributed by atoms with E-state index in [1.165, 1.54) is 0 Å². The van der Waals surface area contributed by atoms with E-state index in [1.807, 2.05) is 30.3 Å². The molecule has 1 heterocycles. The Labute approximate surface area is 237 Å². The first kappa shape index (κ1) is 28.9. The summed E-state index contributed by atoms with van der Waals surface area (Å²) in [6, 6.07) is 16.7. The second-order valence-corrected chi connectivity index (χ2v) is 10.3. The smallest absolute Gasteiger partial charge is 0.168 e. The lowest BCUT2D eigenvalue weighted by atomic mass is 9.83. The fourth-order valence-corrected chi connectivity index (χ4v) is 5.36. The van der Waals surface area contributed by atoms with E-state index in [1.54, 1.807) is 24.3 Å². The number of aromatic nitrogens is 1. The first-order valence-corrected chi connectivity index (χ1v) is 14.4. The lowest BCUT2D eigenvalue weighted by Crippen LogP contribution is -2.35. The number of aliphatic hydroxyl groups is 2. The zero-order valence-corrected chi connectivity index (χ0v) is 23.8. The Bertz CT molecular complexity index is 1360. The van der Waals surface area contributed by atoms with Crippen LogP contribution in [-0.2, 0) is 6.54 Å². The average Bonchev–Trinajstić information content (AvgIpc) is 2.95. The molecule has 1 aromatic heterocycles. The highest BCUT2D eigenvalue weighted by atomic mass is 16.3. The van der Waals surface area contributed by atoms with Crippen molar-refractivity contribution in [2.45, 2.75) is 53.0 Å². The highest BCUT2D eigenvalue weighted by Crippen LogP contribution is 2.49. The third-order valence-corrected chi connectivity index (χ3v) is 7.28. The number of rotatable bonds is 14. The predicted octanol–water partition coefficient (Wildman–Crippen LogP) is 6.57. The van der Waals surface area contributed by atoms with Crippen molar-refractivity contribution in [3.8, 4) is 11.5 Å². The summed E-state index contributed by atoms with van der Waals surface area (Å²) in [5, 5.41) is 43.6. The summed E-state index contributed by atoms with van der Waals surface area (Å²) in [5.74, 6) is -0.316. The van der Waals surface area contributed by atoms with Gasteiger partial charge < -0.3 is 30.2 Å². The quantitative estimate of drug-likeness (QED) is 0.172. The zero-order valence-electron chi connectivity index (χ0n) is 23.8. The van der Waals surface area contributed by atoms with E-state index in [4.69, 9.17) is 0 Å². The van der Waals surface area contributed by atoms with E-state index in [-0.39, 0.29) is 34.2 Å². The number of anilines is 2. The van der Waals surface area contributed by atoms with Gasteiger partial charge in [-0.05, 0) is 43.5 Å². The van der Waals surface area contributed by atoms with Crippen LogP contribution in [0.2, 0.25) is 0 Å². The molecule has 0 saturated heterocycles. The van der Waals surface area contributed by atoms with Crippen LogP contribution in [0.15, 0.2) is 78.5 Å². The van der Waals surface area contributed by atoms with Gasteiger partial charge in [-0.25, -0.2) is 4.57 Å². The molecule has 3 aromatic rings. The summed E-state index contributed by atoms with van der Waals surface area (Å²) in [6.07, 6.45) is 8.02. The van der Waals surface area contributed by atoms with Crippen LogP contribution in [-0.4, -0.2) is 46.6 Å². The highest BCUT2D eigenvalue weighted by molar-refractivity contribution is 6.08. The molecule has 0 spiro atoms. The minimum Gasteiger partial charge on any atom is -0.507 e.